The van der Waals surface area contributed by atoms with Crippen LogP contribution in [-0.4, -0.2) is 31.0 Å². The molecule has 0 saturated heterocycles. The maximum atomic E-state index is 9.62. The van der Waals surface area contributed by atoms with E-state index < -0.39 is 6.10 Å². The van der Waals surface area contributed by atoms with Gasteiger partial charge in [0.1, 0.15) is 0 Å². The highest BCUT2D eigenvalue weighted by atomic mass is 35.5. The monoisotopic (exact) mass is 277 g/mol. The minimum absolute atomic E-state index is 0.401. The minimum Gasteiger partial charge on any atom is -0.389 e. The first-order chi connectivity index (χ1) is 8.22. The number of thiophene rings is 1. The summed E-state index contributed by atoms with van der Waals surface area (Å²) in [4.78, 5) is 1.18. The van der Waals surface area contributed by atoms with E-state index in [1.54, 1.807) is 11.3 Å². The average molecular weight is 278 g/mol. The van der Waals surface area contributed by atoms with Crippen molar-refractivity contribution in [3.05, 3.63) is 21.3 Å². The number of unbranched alkanes of at least 4 members (excludes halogenated alkanes) is 1. The highest BCUT2D eigenvalue weighted by Crippen LogP contribution is 2.20. The van der Waals surface area contributed by atoms with Crippen LogP contribution < -0.4 is 5.32 Å². The van der Waals surface area contributed by atoms with E-state index in [-0.39, 0.29) is 0 Å². The van der Waals surface area contributed by atoms with Crippen molar-refractivity contribution < 1.29 is 9.84 Å². The molecule has 17 heavy (non-hydrogen) atoms. The fourth-order valence-electron chi connectivity index (χ4n) is 1.33. The van der Waals surface area contributed by atoms with Crippen LogP contribution in [-0.2, 0) is 11.3 Å². The summed E-state index contributed by atoms with van der Waals surface area (Å²) in [5.41, 5.74) is 0. The molecule has 0 radical (unpaired) electrons. The lowest BCUT2D eigenvalue weighted by Crippen LogP contribution is -2.30. The summed E-state index contributed by atoms with van der Waals surface area (Å²) in [7, 11) is 0. The Morgan fingerprint density at radius 2 is 2.35 bits per heavy atom. The van der Waals surface area contributed by atoms with Crippen LogP contribution in [0.15, 0.2) is 12.1 Å². The third kappa shape index (κ3) is 7.01. The van der Waals surface area contributed by atoms with Gasteiger partial charge in [0, 0.05) is 24.6 Å². The molecular formula is C12H20ClNO2S. The molecule has 0 aliphatic rings. The van der Waals surface area contributed by atoms with Crippen molar-refractivity contribution in [3.63, 3.8) is 0 Å². The molecule has 0 spiro atoms. The van der Waals surface area contributed by atoms with Gasteiger partial charge < -0.3 is 15.2 Å². The van der Waals surface area contributed by atoms with Crippen molar-refractivity contribution in [3.8, 4) is 0 Å². The van der Waals surface area contributed by atoms with E-state index in [4.69, 9.17) is 16.3 Å². The Labute approximate surface area is 112 Å². The SMILES string of the molecule is CCCCOCC(O)CNCc1ccc(Cl)s1. The molecular weight excluding hydrogens is 258 g/mol. The van der Waals surface area contributed by atoms with Gasteiger partial charge in [-0.25, -0.2) is 0 Å². The molecule has 1 aromatic heterocycles. The number of hydrogen-bond acceptors (Lipinski definition) is 4. The summed E-state index contributed by atoms with van der Waals surface area (Å²) in [6.45, 7) is 4.53. The van der Waals surface area contributed by atoms with Gasteiger partial charge in [-0.1, -0.05) is 24.9 Å². The van der Waals surface area contributed by atoms with Gasteiger partial charge in [0.05, 0.1) is 17.0 Å². The molecule has 0 aromatic carbocycles. The van der Waals surface area contributed by atoms with Gasteiger partial charge in [0.2, 0.25) is 0 Å². The maximum Gasteiger partial charge on any atom is 0.0931 e. The van der Waals surface area contributed by atoms with E-state index >= 15 is 0 Å². The minimum atomic E-state index is -0.442. The summed E-state index contributed by atoms with van der Waals surface area (Å²) in [5.74, 6) is 0. The lowest BCUT2D eigenvalue weighted by molar-refractivity contribution is 0.0358. The molecule has 1 atom stereocenters. The van der Waals surface area contributed by atoms with Crippen molar-refractivity contribution >= 4 is 22.9 Å². The highest BCUT2D eigenvalue weighted by Gasteiger charge is 2.04. The number of aliphatic hydroxyl groups is 1. The third-order valence-corrected chi connectivity index (χ3v) is 3.49. The number of halogens is 1. The summed E-state index contributed by atoms with van der Waals surface area (Å²) in [5, 5.41) is 12.8. The normalized spacial score (nSPS) is 12.9. The zero-order valence-corrected chi connectivity index (χ0v) is 11.7. The summed E-state index contributed by atoms with van der Waals surface area (Å²) < 4.78 is 6.13. The molecule has 0 aliphatic heterocycles. The molecule has 0 amide bonds. The molecule has 98 valence electrons. The van der Waals surface area contributed by atoms with Gasteiger partial charge in [-0.2, -0.15) is 0 Å². The lowest BCUT2D eigenvalue weighted by Gasteiger charge is -2.11. The first kappa shape index (κ1) is 14.9. The molecule has 1 aromatic rings. The van der Waals surface area contributed by atoms with Gasteiger partial charge in [-0.15, -0.1) is 11.3 Å². The zero-order chi connectivity index (χ0) is 12.5. The van der Waals surface area contributed by atoms with Crippen LogP contribution in [0.1, 0.15) is 24.6 Å². The van der Waals surface area contributed by atoms with Crippen LogP contribution in [0.3, 0.4) is 0 Å². The van der Waals surface area contributed by atoms with Crippen LogP contribution in [0.5, 0.6) is 0 Å². The van der Waals surface area contributed by atoms with Crippen LogP contribution >= 0.6 is 22.9 Å². The molecule has 1 heterocycles. The Balaban J connectivity index is 2.02. The smallest absolute Gasteiger partial charge is 0.0931 e. The van der Waals surface area contributed by atoms with E-state index in [2.05, 4.69) is 12.2 Å². The van der Waals surface area contributed by atoms with E-state index in [0.717, 1.165) is 30.3 Å². The fraction of sp³-hybridized carbons (Fsp3) is 0.667. The zero-order valence-electron chi connectivity index (χ0n) is 10.1. The second-order valence-corrected chi connectivity index (χ2v) is 5.72. The first-order valence-electron chi connectivity index (χ1n) is 5.93. The molecule has 2 N–H and O–H groups in total. The van der Waals surface area contributed by atoms with Crippen LogP contribution in [0, 0.1) is 0 Å². The van der Waals surface area contributed by atoms with Crippen LogP contribution in [0.2, 0.25) is 4.34 Å². The number of aliphatic hydroxyl groups excluding tert-OH is 1. The number of nitrogens with one attached hydrogen (secondary N) is 1. The Kier molecular flexibility index (Phi) is 7.81. The van der Waals surface area contributed by atoms with Gasteiger partial charge in [0.15, 0.2) is 0 Å². The van der Waals surface area contributed by atoms with Crippen molar-refractivity contribution in [2.24, 2.45) is 0 Å². The highest BCUT2D eigenvalue weighted by molar-refractivity contribution is 7.16. The second-order valence-electron chi connectivity index (χ2n) is 3.92. The van der Waals surface area contributed by atoms with E-state index in [9.17, 15) is 5.11 Å². The van der Waals surface area contributed by atoms with Gasteiger partial charge in [-0.3, -0.25) is 0 Å². The Bertz CT molecular complexity index is 306. The molecule has 1 rings (SSSR count). The van der Waals surface area contributed by atoms with Crippen molar-refractivity contribution in [2.75, 3.05) is 19.8 Å². The van der Waals surface area contributed by atoms with Gasteiger partial charge in [-0.05, 0) is 18.6 Å². The first-order valence-corrected chi connectivity index (χ1v) is 7.12. The average Bonchev–Trinajstić information content (AvgIpc) is 2.71. The number of rotatable bonds is 9. The van der Waals surface area contributed by atoms with E-state index in [1.165, 1.54) is 4.88 Å². The number of ether oxygens (including phenoxy) is 1. The molecule has 0 fully saturated rings. The Morgan fingerprint density at radius 3 is 3.00 bits per heavy atom. The van der Waals surface area contributed by atoms with Gasteiger partial charge in [0.25, 0.3) is 0 Å². The van der Waals surface area contributed by atoms with E-state index in [1.807, 2.05) is 12.1 Å². The molecule has 5 heteroatoms. The molecule has 0 saturated carbocycles. The van der Waals surface area contributed by atoms with E-state index in [0.29, 0.717) is 13.2 Å². The summed E-state index contributed by atoms with van der Waals surface area (Å²) in [6.07, 6.45) is 1.73. The molecule has 0 aliphatic carbocycles. The lowest BCUT2D eigenvalue weighted by atomic mass is 10.3. The second kappa shape index (κ2) is 8.89. The summed E-state index contributed by atoms with van der Waals surface area (Å²) >= 11 is 7.38. The molecule has 0 bridgehead atoms. The van der Waals surface area contributed by atoms with Gasteiger partial charge >= 0.3 is 0 Å². The number of hydrogen-bond donors (Lipinski definition) is 2. The molecule has 3 nitrogen and oxygen atoms in total. The third-order valence-electron chi connectivity index (χ3n) is 2.26. The molecule has 1 unspecified atom stereocenters. The fourth-order valence-corrected chi connectivity index (χ4v) is 2.39. The standard InChI is InChI=1S/C12H20ClNO2S/c1-2-3-6-16-9-10(15)7-14-8-11-4-5-12(13)17-11/h4-5,10,14-15H,2-3,6-9H2,1H3. The topological polar surface area (TPSA) is 41.5 Å². The maximum absolute atomic E-state index is 9.62. The van der Waals surface area contributed by atoms with Crippen LogP contribution in [0.4, 0.5) is 0 Å². The van der Waals surface area contributed by atoms with Crippen molar-refractivity contribution in [1.82, 2.24) is 5.32 Å². The predicted octanol–water partition coefficient (Wildman–Crippen LogP) is 2.67. The largest absolute Gasteiger partial charge is 0.389 e. The quantitative estimate of drug-likeness (QED) is 0.682. The summed E-state index contributed by atoms with van der Waals surface area (Å²) in [6, 6.07) is 3.87. The van der Waals surface area contributed by atoms with Crippen molar-refractivity contribution in [2.45, 2.75) is 32.4 Å². The van der Waals surface area contributed by atoms with Crippen molar-refractivity contribution in [1.29, 1.82) is 0 Å². The van der Waals surface area contributed by atoms with Crippen LogP contribution in [0.25, 0.3) is 0 Å². The Hall–Kier alpha value is -0.130. The predicted molar refractivity (Wildman–Crippen MR) is 72.8 cm³/mol. The Morgan fingerprint density at radius 1 is 1.53 bits per heavy atom.